The van der Waals surface area contributed by atoms with E-state index in [4.69, 9.17) is 0 Å². The van der Waals surface area contributed by atoms with E-state index in [-0.39, 0.29) is 0 Å². The molecule has 112 valence electrons. The number of hydrogen-bond donors (Lipinski definition) is 2. The first kappa shape index (κ1) is 14.2. The Balaban J connectivity index is 1.99. The Labute approximate surface area is 128 Å². The molecule has 3 aromatic rings. The number of nitrogens with one attached hydrogen (secondary N) is 2. The summed E-state index contributed by atoms with van der Waals surface area (Å²) >= 11 is 0. The van der Waals surface area contributed by atoms with Gasteiger partial charge in [-0.1, -0.05) is 6.92 Å². The van der Waals surface area contributed by atoms with Crippen LogP contribution in [0.15, 0.2) is 36.8 Å². The molecule has 6 heteroatoms. The van der Waals surface area contributed by atoms with Crippen LogP contribution in [0.25, 0.3) is 22.4 Å². The van der Waals surface area contributed by atoms with E-state index in [1.165, 1.54) is 0 Å². The summed E-state index contributed by atoms with van der Waals surface area (Å²) in [6, 6.07) is 5.61. The van der Waals surface area contributed by atoms with E-state index in [2.05, 4.69) is 25.3 Å². The SMILES string of the molecule is CCC(C)(C=O)Nc1ccnc(-c2c[nH]c3ncccc23)n1. The van der Waals surface area contributed by atoms with Crippen LogP contribution < -0.4 is 5.32 Å². The summed E-state index contributed by atoms with van der Waals surface area (Å²) < 4.78 is 0. The molecule has 0 spiro atoms. The predicted octanol–water partition coefficient (Wildman–Crippen LogP) is 2.80. The number of rotatable bonds is 5. The van der Waals surface area contributed by atoms with Gasteiger partial charge in [0.05, 0.1) is 5.54 Å². The molecule has 0 bridgehead atoms. The van der Waals surface area contributed by atoms with Crippen molar-refractivity contribution in [2.24, 2.45) is 0 Å². The lowest BCUT2D eigenvalue weighted by atomic mass is 10.0. The zero-order chi connectivity index (χ0) is 15.6. The van der Waals surface area contributed by atoms with Gasteiger partial charge in [-0.2, -0.15) is 0 Å². The molecule has 0 fully saturated rings. The van der Waals surface area contributed by atoms with Crippen LogP contribution in [0.2, 0.25) is 0 Å². The molecule has 1 unspecified atom stereocenters. The average Bonchev–Trinajstić information content (AvgIpc) is 2.99. The fraction of sp³-hybridized carbons (Fsp3) is 0.250. The first-order valence-electron chi connectivity index (χ1n) is 7.15. The number of hydrogen-bond acceptors (Lipinski definition) is 5. The van der Waals surface area contributed by atoms with Crippen LogP contribution in [0.3, 0.4) is 0 Å². The number of aldehydes is 1. The van der Waals surface area contributed by atoms with Crippen molar-refractivity contribution in [3.63, 3.8) is 0 Å². The molecular formula is C16H17N5O. The Morgan fingerprint density at radius 2 is 2.18 bits per heavy atom. The van der Waals surface area contributed by atoms with Gasteiger partial charge in [0.15, 0.2) is 5.82 Å². The third kappa shape index (κ3) is 2.55. The zero-order valence-corrected chi connectivity index (χ0v) is 12.5. The van der Waals surface area contributed by atoms with Gasteiger partial charge in [-0.25, -0.2) is 15.0 Å². The van der Waals surface area contributed by atoms with Crippen molar-refractivity contribution in [1.82, 2.24) is 19.9 Å². The van der Waals surface area contributed by atoms with Gasteiger partial charge in [-0.3, -0.25) is 0 Å². The van der Waals surface area contributed by atoms with Gasteiger partial charge in [-0.05, 0) is 31.5 Å². The van der Waals surface area contributed by atoms with E-state index >= 15 is 0 Å². The summed E-state index contributed by atoms with van der Waals surface area (Å²) in [5.74, 6) is 1.22. The normalized spacial score (nSPS) is 13.7. The second kappa shape index (κ2) is 5.55. The largest absolute Gasteiger partial charge is 0.358 e. The topological polar surface area (TPSA) is 83.6 Å². The second-order valence-electron chi connectivity index (χ2n) is 5.38. The lowest BCUT2D eigenvalue weighted by Gasteiger charge is -2.23. The Hall–Kier alpha value is -2.76. The van der Waals surface area contributed by atoms with Crippen LogP contribution in [0.1, 0.15) is 20.3 Å². The van der Waals surface area contributed by atoms with Crippen LogP contribution in [0, 0.1) is 0 Å². The van der Waals surface area contributed by atoms with Crippen LogP contribution in [0.5, 0.6) is 0 Å². The third-order valence-corrected chi connectivity index (χ3v) is 3.76. The molecule has 0 saturated heterocycles. The van der Waals surface area contributed by atoms with Gasteiger partial charge in [0.25, 0.3) is 0 Å². The fourth-order valence-electron chi connectivity index (χ4n) is 2.19. The summed E-state index contributed by atoms with van der Waals surface area (Å²) in [6.45, 7) is 3.80. The number of carbonyl (C=O) groups is 1. The predicted molar refractivity (Wildman–Crippen MR) is 85.5 cm³/mol. The van der Waals surface area contributed by atoms with Crippen molar-refractivity contribution in [3.8, 4) is 11.4 Å². The molecule has 3 rings (SSSR count). The molecule has 0 amide bonds. The highest BCUT2D eigenvalue weighted by molar-refractivity contribution is 5.91. The van der Waals surface area contributed by atoms with E-state index < -0.39 is 5.54 Å². The average molecular weight is 295 g/mol. The van der Waals surface area contributed by atoms with Crippen LogP contribution >= 0.6 is 0 Å². The molecule has 2 N–H and O–H groups in total. The first-order chi connectivity index (χ1) is 10.6. The molecule has 0 aliphatic heterocycles. The Morgan fingerprint density at radius 1 is 1.32 bits per heavy atom. The number of nitrogens with zero attached hydrogens (tertiary/aromatic N) is 3. The quantitative estimate of drug-likeness (QED) is 0.707. The Bertz CT molecular complexity index is 813. The molecular weight excluding hydrogens is 278 g/mol. The summed E-state index contributed by atoms with van der Waals surface area (Å²) in [5, 5.41) is 4.13. The minimum atomic E-state index is -0.632. The molecule has 0 saturated carbocycles. The van der Waals surface area contributed by atoms with E-state index in [0.29, 0.717) is 18.1 Å². The summed E-state index contributed by atoms with van der Waals surface area (Å²) in [7, 11) is 0. The number of H-pyrrole nitrogens is 1. The number of anilines is 1. The highest BCUT2D eigenvalue weighted by Gasteiger charge is 2.21. The maximum absolute atomic E-state index is 11.2. The smallest absolute Gasteiger partial charge is 0.163 e. The fourth-order valence-corrected chi connectivity index (χ4v) is 2.19. The number of fused-ring (bicyclic) bond motifs is 1. The van der Waals surface area contributed by atoms with Crippen molar-refractivity contribution < 1.29 is 4.79 Å². The minimum absolute atomic E-state index is 0.591. The van der Waals surface area contributed by atoms with Crippen molar-refractivity contribution in [2.45, 2.75) is 25.8 Å². The van der Waals surface area contributed by atoms with Gasteiger partial charge in [0.1, 0.15) is 17.8 Å². The highest BCUT2D eigenvalue weighted by atomic mass is 16.1. The van der Waals surface area contributed by atoms with Gasteiger partial charge in [0, 0.05) is 29.5 Å². The second-order valence-corrected chi connectivity index (χ2v) is 5.38. The van der Waals surface area contributed by atoms with Crippen molar-refractivity contribution in [2.75, 3.05) is 5.32 Å². The van der Waals surface area contributed by atoms with Crippen LogP contribution in [0.4, 0.5) is 5.82 Å². The standard InChI is InChI=1S/C16H17N5O/c1-3-16(2,10-22)21-13-6-8-18-15(20-13)12-9-19-14-11(12)5-4-7-17-14/h4-10H,3H2,1-2H3,(H,17,19)(H,18,20,21). The lowest BCUT2D eigenvalue weighted by Crippen LogP contribution is -2.36. The zero-order valence-electron chi connectivity index (χ0n) is 12.5. The van der Waals surface area contributed by atoms with Gasteiger partial charge in [-0.15, -0.1) is 0 Å². The first-order valence-corrected chi connectivity index (χ1v) is 7.15. The summed E-state index contributed by atoms with van der Waals surface area (Å²) in [5.41, 5.74) is 1.05. The molecule has 3 aromatic heterocycles. The molecule has 0 aromatic carbocycles. The van der Waals surface area contributed by atoms with Crippen LogP contribution in [-0.2, 0) is 4.79 Å². The lowest BCUT2D eigenvalue weighted by molar-refractivity contribution is -0.111. The summed E-state index contributed by atoms with van der Waals surface area (Å²) in [6.07, 6.45) is 6.84. The number of aromatic nitrogens is 4. The molecule has 1 atom stereocenters. The number of pyridine rings is 1. The van der Waals surface area contributed by atoms with E-state index in [1.54, 1.807) is 18.5 Å². The molecule has 22 heavy (non-hydrogen) atoms. The van der Waals surface area contributed by atoms with Crippen molar-refractivity contribution in [3.05, 3.63) is 36.8 Å². The van der Waals surface area contributed by atoms with E-state index in [0.717, 1.165) is 22.9 Å². The van der Waals surface area contributed by atoms with Gasteiger partial charge in [0.2, 0.25) is 0 Å². The molecule has 0 aliphatic rings. The Kier molecular flexibility index (Phi) is 3.58. The van der Waals surface area contributed by atoms with Gasteiger partial charge < -0.3 is 15.1 Å². The third-order valence-electron chi connectivity index (χ3n) is 3.76. The highest BCUT2D eigenvalue weighted by Crippen LogP contribution is 2.25. The van der Waals surface area contributed by atoms with E-state index in [9.17, 15) is 4.79 Å². The maximum Gasteiger partial charge on any atom is 0.163 e. The number of aromatic amines is 1. The molecule has 0 radical (unpaired) electrons. The van der Waals surface area contributed by atoms with Crippen LogP contribution in [-0.4, -0.2) is 31.8 Å². The van der Waals surface area contributed by atoms with Crippen molar-refractivity contribution >= 4 is 23.1 Å². The molecule has 3 heterocycles. The minimum Gasteiger partial charge on any atom is -0.358 e. The van der Waals surface area contributed by atoms with Crippen molar-refractivity contribution in [1.29, 1.82) is 0 Å². The maximum atomic E-state index is 11.2. The summed E-state index contributed by atoms with van der Waals surface area (Å²) in [4.78, 5) is 27.4. The molecule has 6 nitrogen and oxygen atoms in total. The molecule has 0 aliphatic carbocycles. The Morgan fingerprint density at radius 3 is 2.95 bits per heavy atom. The number of carbonyl (C=O) groups excluding carboxylic acids is 1. The van der Waals surface area contributed by atoms with E-state index in [1.807, 2.05) is 32.2 Å². The monoisotopic (exact) mass is 295 g/mol. The van der Waals surface area contributed by atoms with Gasteiger partial charge >= 0.3 is 0 Å².